The standard InChI is InChI=1S/C13H20N8O/c1-3-15-11-6-10(2)19-13(20-11)17-5-4-16-12(22)7-21-9-14-8-18-21/h6,8-9H,3-5,7H2,1-2H3,(H,16,22)(H2,15,17,19,20). The van der Waals surface area contributed by atoms with E-state index >= 15 is 0 Å². The van der Waals surface area contributed by atoms with Gasteiger partial charge in [-0.1, -0.05) is 0 Å². The van der Waals surface area contributed by atoms with Gasteiger partial charge in [0.25, 0.3) is 0 Å². The van der Waals surface area contributed by atoms with Crippen molar-refractivity contribution in [3.63, 3.8) is 0 Å². The number of hydrogen-bond acceptors (Lipinski definition) is 7. The maximum absolute atomic E-state index is 11.6. The lowest BCUT2D eigenvalue weighted by Crippen LogP contribution is -2.32. The van der Waals surface area contributed by atoms with Gasteiger partial charge >= 0.3 is 0 Å². The van der Waals surface area contributed by atoms with Gasteiger partial charge in [-0.05, 0) is 13.8 Å². The molecule has 0 saturated carbocycles. The second-order valence-corrected chi connectivity index (χ2v) is 4.62. The highest BCUT2D eigenvalue weighted by Gasteiger charge is 2.03. The zero-order valence-corrected chi connectivity index (χ0v) is 12.7. The summed E-state index contributed by atoms with van der Waals surface area (Å²) in [6.45, 7) is 5.89. The maximum Gasteiger partial charge on any atom is 0.241 e. The van der Waals surface area contributed by atoms with Crippen molar-refractivity contribution >= 4 is 17.7 Å². The van der Waals surface area contributed by atoms with Crippen LogP contribution in [0.3, 0.4) is 0 Å². The fourth-order valence-electron chi connectivity index (χ4n) is 1.81. The molecule has 1 amide bonds. The quantitative estimate of drug-likeness (QED) is 0.590. The van der Waals surface area contributed by atoms with E-state index in [2.05, 4.69) is 36.0 Å². The number of nitrogens with one attached hydrogen (secondary N) is 3. The number of carbonyl (C=O) groups excluding carboxylic acids is 1. The fraction of sp³-hybridized carbons (Fsp3) is 0.462. The van der Waals surface area contributed by atoms with Gasteiger partial charge in [-0.15, -0.1) is 0 Å². The van der Waals surface area contributed by atoms with Crippen molar-refractivity contribution in [3.8, 4) is 0 Å². The molecule has 0 aliphatic carbocycles. The maximum atomic E-state index is 11.6. The molecule has 0 fully saturated rings. The van der Waals surface area contributed by atoms with Crippen molar-refractivity contribution in [3.05, 3.63) is 24.4 Å². The van der Waals surface area contributed by atoms with Crippen LogP contribution in [0.25, 0.3) is 0 Å². The van der Waals surface area contributed by atoms with E-state index in [1.165, 1.54) is 17.3 Å². The Balaban J connectivity index is 1.73. The predicted molar refractivity (Wildman–Crippen MR) is 82.5 cm³/mol. The molecule has 9 heteroatoms. The Morgan fingerprint density at radius 3 is 2.86 bits per heavy atom. The van der Waals surface area contributed by atoms with Crippen molar-refractivity contribution in [2.45, 2.75) is 20.4 Å². The van der Waals surface area contributed by atoms with Gasteiger partial charge in [0.2, 0.25) is 11.9 Å². The van der Waals surface area contributed by atoms with Gasteiger partial charge in [-0.25, -0.2) is 14.6 Å². The summed E-state index contributed by atoms with van der Waals surface area (Å²) in [5, 5.41) is 12.9. The highest BCUT2D eigenvalue weighted by atomic mass is 16.2. The molecule has 2 heterocycles. The number of aromatic nitrogens is 5. The van der Waals surface area contributed by atoms with Crippen molar-refractivity contribution in [2.75, 3.05) is 30.3 Å². The Hall–Kier alpha value is -2.71. The highest BCUT2D eigenvalue weighted by molar-refractivity contribution is 5.75. The molecule has 0 aliphatic heterocycles. The van der Waals surface area contributed by atoms with Crippen molar-refractivity contribution < 1.29 is 4.79 Å². The molecule has 0 atom stereocenters. The largest absolute Gasteiger partial charge is 0.370 e. The summed E-state index contributed by atoms with van der Waals surface area (Å²) in [6.07, 6.45) is 2.90. The van der Waals surface area contributed by atoms with Crippen molar-refractivity contribution in [1.29, 1.82) is 0 Å². The Kier molecular flexibility index (Phi) is 5.64. The summed E-state index contributed by atoms with van der Waals surface area (Å²) in [6, 6.07) is 1.88. The third kappa shape index (κ3) is 5.00. The minimum absolute atomic E-state index is 0.120. The topological polar surface area (TPSA) is 110 Å². The summed E-state index contributed by atoms with van der Waals surface area (Å²) in [5.74, 6) is 1.21. The van der Waals surface area contributed by atoms with E-state index in [1.54, 1.807) is 0 Å². The van der Waals surface area contributed by atoms with E-state index < -0.39 is 0 Å². The lowest BCUT2D eigenvalue weighted by molar-refractivity contribution is -0.121. The van der Waals surface area contributed by atoms with E-state index in [0.717, 1.165) is 18.1 Å². The number of rotatable bonds is 8. The zero-order valence-electron chi connectivity index (χ0n) is 12.7. The normalized spacial score (nSPS) is 10.3. The summed E-state index contributed by atoms with van der Waals surface area (Å²) < 4.78 is 1.47. The first-order valence-corrected chi connectivity index (χ1v) is 7.10. The second kappa shape index (κ2) is 7.91. The summed E-state index contributed by atoms with van der Waals surface area (Å²) in [5.41, 5.74) is 0.878. The van der Waals surface area contributed by atoms with Crippen LogP contribution in [0.15, 0.2) is 18.7 Å². The third-order valence-corrected chi connectivity index (χ3v) is 2.71. The molecule has 3 N–H and O–H groups in total. The Bertz CT molecular complexity index is 598. The van der Waals surface area contributed by atoms with Gasteiger partial charge in [0.05, 0.1) is 0 Å². The smallest absolute Gasteiger partial charge is 0.241 e. The zero-order chi connectivity index (χ0) is 15.8. The molecule has 0 spiro atoms. The first kappa shape index (κ1) is 15.7. The molecule has 22 heavy (non-hydrogen) atoms. The Labute approximate surface area is 128 Å². The number of anilines is 2. The van der Waals surface area contributed by atoms with Crippen LogP contribution in [-0.4, -0.2) is 50.3 Å². The van der Waals surface area contributed by atoms with Crippen LogP contribution in [0.4, 0.5) is 11.8 Å². The summed E-state index contributed by atoms with van der Waals surface area (Å²) >= 11 is 0. The van der Waals surface area contributed by atoms with Gasteiger partial charge in [-0.2, -0.15) is 10.1 Å². The number of carbonyl (C=O) groups is 1. The van der Waals surface area contributed by atoms with Crippen LogP contribution < -0.4 is 16.0 Å². The second-order valence-electron chi connectivity index (χ2n) is 4.62. The van der Waals surface area contributed by atoms with Crippen molar-refractivity contribution in [2.24, 2.45) is 0 Å². The number of nitrogens with zero attached hydrogens (tertiary/aromatic N) is 5. The van der Waals surface area contributed by atoms with Crippen LogP contribution in [0.2, 0.25) is 0 Å². The minimum Gasteiger partial charge on any atom is -0.370 e. The van der Waals surface area contributed by atoms with E-state index in [0.29, 0.717) is 19.0 Å². The van der Waals surface area contributed by atoms with Gasteiger partial charge in [0.1, 0.15) is 25.0 Å². The molecule has 2 rings (SSSR count). The molecule has 9 nitrogen and oxygen atoms in total. The molecule has 0 unspecified atom stereocenters. The average Bonchev–Trinajstić information content (AvgIpc) is 2.96. The van der Waals surface area contributed by atoms with E-state index in [-0.39, 0.29) is 12.5 Å². The van der Waals surface area contributed by atoms with Crippen LogP contribution in [0.1, 0.15) is 12.6 Å². The molecule has 2 aromatic heterocycles. The average molecular weight is 304 g/mol. The van der Waals surface area contributed by atoms with Gasteiger partial charge in [0, 0.05) is 31.4 Å². The molecule has 0 bridgehead atoms. The summed E-state index contributed by atoms with van der Waals surface area (Å²) in [7, 11) is 0. The van der Waals surface area contributed by atoms with Crippen LogP contribution >= 0.6 is 0 Å². The molecule has 0 aromatic carbocycles. The van der Waals surface area contributed by atoms with Gasteiger partial charge < -0.3 is 16.0 Å². The molecule has 0 saturated heterocycles. The molecule has 0 aliphatic rings. The minimum atomic E-state index is -0.120. The number of aryl methyl sites for hydroxylation is 1. The lowest BCUT2D eigenvalue weighted by atomic mass is 10.4. The van der Waals surface area contributed by atoms with Crippen LogP contribution in [0.5, 0.6) is 0 Å². The Morgan fingerprint density at radius 1 is 1.27 bits per heavy atom. The molecule has 0 radical (unpaired) electrons. The molecular weight excluding hydrogens is 284 g/mol. The van der Waals surface area contributed by atoms with Crippen LogP contribution in [-0.2, 0) is 11.3 Å². The van der Waals surface area contributed by atoms with Crippen molar-refractivity contribution in [1.82, 2.24) is 30.0 Å². The molecule has 2 aromatic rings. The lowest BCUT2D eigenvalue weighted by Gasteiger charge is -2.09. The van der Waals surface area contributed by atoms with E-state index in [9.17, 15) is 4.79 Å². The first-order valence-electron chi connectivity index (χ1n) is 7.10. The monoisotopic (exact) mass is 304 g/mol. The van der Waals surface area contributed by atoms with Gasteiger partial charge in [0.15, 0.2) is 0 Å². The molecule has 118 valence electrons. The van der Waals surface area contributed by atoms with Crippen LogP contribution in [0, 0.1) is 6.92 Å². The number of amides is 1. The van der Waals surface area contributed by atoms with Gasteiger partial charge in [-0.3, -0.25) is 4.79 Å². The predicted octanol–water partition coefficient (Wildman–Crippen LogP) is 0.0366. The summed E-state index contributed by atoms with van der Waals surface area (Å²) in [4.78, 5) is 24.1. The number of hydrogen-bond donors (Lipinski definition) is 3. The third-order valence-electron chi connectivity index (χ3n) is 2.71. The van der Waals surface area contributed by atoms with E-state index in [4.69, 9.17) is 0 Å². The highest BCUT2D eigenvalue weighted by Crippen LogP contribution is 2.08. The SMILES string of the molecule is CCNc1cc(C)nc(NCCNC(=O)Cn2cncn2)n1. The van der Waals surface area contributed by atoms with E-state index in [1.807, 2.05) is 19.9 Å². The fourth-order valence-corrected chi connectivity index (χ4v) is 1.81. The Morgan fingerprint density at radius 2 is 2.14 bits per heavy atom. The molecular formula is C13H20N8O. The first-order chi connectivity index (χ1) is 10.7.